The summed E-state index contributed by atoms with van der Waals surface area (Å²) < 4.78 is 7.09. The molecule has 2 rings (SSSR count). The molecule has 0 bridgehead atoms. The summed E-state index contributed by atoms with van der Waals surface area (Å²) in [5.74, 6) is 0.405. The molecule has 0 fully saturated rings. The van der Waals surface area contributed by atoms with Crippen LogP contribution in [0.2, 0.25) is 0 Å². The lowest BCUT2D eigenvalue weighted by Gasteiger charge is -2.18. The molecule has 0 radical (unpaired) electrons. The van der Waals surface area contributed by atoms with E-state index in [4.69, 9.17) is 17.0 Å². The first kappa shape index (κ1) is 14.5. The van der Waals surface area contributed by atoms with E-state index in [1.807, 2.05) is 30.3 Å². The van der Waals surface area contributed by atoms with Crippen molar-refractivity contribution in [3.05, 3.63) is 46.5 Å². The molecule has 0 saturated heterocycles. The predicted octanol–water partition coefficient (Wildman–Crippen LogP) is 2.66. The van der Waals surface area contributed by atoms with Crippen molar-refractivity contribution in [2.75, 3.05) is 7.11 Å². The van der Waals surface area contributed by atoms with E-state index in [0.717, 1.165) is 24.2 Å². The number of methoxy groups -OCH3 is 1. The number of carbonyl (C=O) groups excluding carboxylic acids is 1. The highest BCUT2D eigenvalue weighted by Gasteiger charge is 2.26. The van der Waals surface area contributed by atoms with Gasteiger partial charge in [0.05, 0.1) is 7.11 Å². The van der Waals surface area contributed by atoms with Gasteiger partial charge in [0.2, 0.25) is 0 Å². The zero-order valence-corrected chi connectivity index (χ0v) is 12.3. The van der Waals surface area contributed by atoms with Crippen LogP contribution in [0.4, 0.5) is 0 Å². The lowest BCUT2D eigenvalue weighted by molar-refractivity contribution is -0.143. The molecule has 0 aliphatic heterocycles. The largest absolute Gasteiger partial charge is 0.467 e. The number of rotatable bonds is 5. The number of benzene rings is 1. The van der Waals surface area contributed by atoms with Gasteiger partial charge in [-0.3, -0.25) is 9.67 Å². The number of carbonyl (C=O) groups is 1. The lowest BCUT2D eigenvalue weighted by Crippen LogP contribution is -2.24. The SMILES string of the molecule is CCCc1n[nH]c(=S)n1C(C(=O)OC)c1ccccc1. The molecule has 1 aromatic heterocycles. The standard InChI is InChI=1S/C14H17N3O2S/c1-3-7-11-15-16-14(20)17(11)12(13(18)19-2)10-8-5-4-6-9-10/h4-6,8-9,12H,3,7H2,1-2H3,(H,16,20). The monoisotopic (exact) mass is 291 g/mol. The van der Waals surface area contributed by atoms with E-state index in [1.165, 1.54) is 7.11 Å². The quantitative estimate of drug-likeness (QED) is 0.679. The van der Waals surface area contributed by atoms with E-state index in [-0.39, 0.29) is 5.97 Å². The number of nitrogens with zero attached hydrogens (tertiary/aromatic N) is 2. The minimum absolute atomic E-state index is 0.356. The highest BCUT2D eigenvalue weighted by Crippen LogP contribution is 2.22. The van der Waals surface area contributed by atoms with Gasteiger partial charge in [0.25, 0.3) is 0 Å². The molecule has 1 unspecified atom stereocenters. The maximum Gasteiger partial charge on any atom is 0.333 e. The molecule has 2 aromatic rings. The summed E-state index contributed by atoms with van der Waals surface area (Å²) in [4.78, 5) is 12.2. The van der Waals surface area contributed by atoms with Gasteiger partial charge in [-0.25, -0.2) is 4.79 Å². The van der Waals surface area contributed by atoms with E-state index >= 15 is 0 Å². The third kappa shape index (κ3) is 2.80. The Hall–Kier alpha value is -1.95. The Morgan fingerprint density at radius 3 is 2.75 bits per heavy atom. The number of hydrogen-bond donors (Lipinski definition) is 1. The molecule has 5 nitrogen and oxygen atoms in total. The third-order valence-corrected chi connectivity index (χ3v) is 3.34. The molecular formula is C14H17N3O2S. The van der Waals surface area contributed by atoms with E-state index in [2.05, 4.69) is 17.1 Å². The smallest absolute Gasteiger partial charge is 0.333 e. The topological polar surface area (TPSA) is 59.9 Å². The molecular weight excluding hydrogens is 274 g/mol. The number of ether oxygens (including phenoxy) is 1. The number of aromatic amines is 1. The Labute approximate surface area is 122 Å². The van der Waals surface area contributed by atoms with Gasteiger partial charge >= 0.3 is 5.97 Å². The summed E-state index contributed by atoms with van der Waals surface area (Å²) in [6.07, 6.45) is 1.66. The first-order valence-corrected chi connectivity index (χ1v) is 6.88. The number of hydrogen-bond acceptors (Lipinski definition) is 4. The second kappa shape index (κ2) is 6.47. The van der Waals surface area contributed by atoms with Crippen molar-refractivity contribution in [3.63, 3.8) is 0 Å². The predicted molar refractivity (Wildman–Crippen MR) is 78.0 cm³/mol. The maximum atomic E-state index is 12.2. The van der Waals surface area contributed by atoms with Crippen LogP contribution in [0.15, 0.2) is 30.3 Å². The Balaban J connectivity index is 2.56. The van der Waals surface area contributed by atoms with Crippen LogP contribution < -0.4 is 0 Å². The zero-order chi connectivity index (χ0) is 14.5. The third-order valence-electron chi connectivity index (χ3n) is 3.05. The molecule has 20 heavy (non-hydrogen) atoms. The fraction of sp³-hybridized carbons (Fsp3) is 0.357. The van der Waals surface area contributed by atoms with Gasteiger partial charge in [0.15, 0.2) is 10.8 Å². The Morgan fingerprint density at radius 1 is 1.45 bits per heavy atom. The van der Waals surface area contributed by atoms with Crippen LogP contribution in [-0.4, -0.2) is 27.8 Å². The van der Waals surface area contributed by atoms with Crippen LogP contribution in [0.25, 0.3) is 0 Å². The molecule has 0 aliphatic carbocycles. The fourth-order valence-corrected chi connectivity index (χ4v) is 2.40. The molecule has 6 heteroatoms. The van der Waals surface area contributed by atoms with Gasteiger partial charge in [-0.1, -0.05) is 37.3 Å². The lowest BCUT2D eigenvalue weighted by atomic mass is 10.1. The van der Waals surface area contributed by atoms with Gasteiger partial charge in [0, 0.05) is 6.42 Å². The second-order valence-corrected chi connectivity index (χ2v) is 4.79. The normalized spacial score (nSPS) is 12.1. The molecule has 1 heterocycles. The average molecular weight is 291 g/mol. The van der Waals surface area contributed by atoms with Crippen LogP contribution in [0.3, 0.4) is 0 Å². The van der Waals surface area contributed by atoms with Crippen LogP contribution in [-0.2, 0) is 16.0 Å². The molecule has 0 spiro atoms. The minimum Gasteiger partial charge on any atom is -0.467 e. The summed E-state index contributed by atoms with van der Waals surface area (Å²) in [5, 5.41) is 6.97. The number of H-pyrrole nitrogens is 1. The van der Waals surface area contributed by atoms with Crippen molar-refractivity contribution >= 4 is 18.2 Å². The second-order valence-electron chi connectivity index (χ2n) is 4.40. The van der Waals surface area contributed by atoms with Crippen LogP contribution in [0.5, 0.6) is 0 Å². The van der Waals surface area contributed by atoms with Crippen LogP contribution in [0.1, 0.15) is 30.8 Å². The number of aromatic nitrogens is 3. The van der Waals surface area contributed by atoms with Crippen molar-refractivity contribution in [3.8, 4) is 0 Å². The Bertz CT molecular complexity index is 633. The van der Waals surface area contributed by atoms with Crippen molar-refractivity contribution < 1.29 is 9.53 Å². The van der Waals surface area contributed by atoms with Gasteiger partial charge in [0.1, 0.15) is 5.82 Å². The molecule has 1 atom stereocenters. The van der Waals surface area contributed by atoms with Crippen molar-refractivity contribution in [1.29, 1.82) is 0 Å². The maximum absolute atomic E-state index is 12.2. The summed E-state index contributed by atoms with van der Waals surface area (Å²) in [6.45, 7) is 2.05. The van der Waals surface area contributed by atoms with Crippen molar-refractivity contribution in [2.24, 2.45) is 0 Å². The zero-order valence-electron chi connectivity index (χ0n) is 11.5. The van der Waals surface area contributed by atoms with Gasteiger partial charge in [-0.05, 0) is 24.2 Å². The minimum atomic E-state index is -0.603. The average Bonchev–Trinajstić information content (AvgIpc) is 2.82. The van der Waals surface area contributed by atoms with E-state index in [0.29, 0.717) is 4.77 Å². The summed E-state index contributed by atoms with van der Waals surface area (Å²) >= 11 is 5.27. The molecule has 0 aliphatic rings. The summed E-state index contributed by atoms with van der Waals surface area (Å²) in [7, 11) is 1.38. The van der Waals surface area contributed by atoms with E-state index < -0.39 is 6.04 Å². The Morgan fingerprint density at radius 2 is 2.15 bits per heavy atom. The highest BCUT2D eigenvalue weighted by atomic mass is 32.1. The number of nitrogens with one attached hydrogen (secondary N) is 1. The molecule has 0 saturated carbocycles. The summed E-state index contributed by atoms with van der Waals surface area (Å²) in [5.41, 5.74) is 0.828. The number of aryl methyl sites for hydroxylation is 1. The molecule has 0 amide bonds. The first-order chi connectivity index (χ1) is 9.69. The number of esters is 1. The highest BCUT2D eigenvalue weighted by molar-refractivity contribution is 7.71. The first-order valence-electron chi connectivity index (χ1n) is 6.47. The summed E-state index contributed by atoms with van der Waals surface area (Å²) in [6, 6.07) is 8.83. The molecule has 1 aromatic carbocycles. The van der Waals surface area contributed by atoms with E-state index in [1.54, 1.807) is 4.57 Å². The van der Waals surface area contributed by atoms with Gasteiger partial charge < -0.3 is 4.74 Å². The molecule has 106 valence electrons. The Kier molecular flexibility index (Phi) is 4.68. The van der Waals surface area contributed by atoms with Gasteiger partial charge in [-0.15, -0.1) is 0 Å². The van der Waals surface area contributed by atoms with E-state index in [9.17, 15) is 4.79 Å². The fourth-order valence-electron chi connectivity index (χ4n) is 2.14. The van der Waals surface area contributed by atoms with Crippen molar-refractivity contribution in [1.82, 2.24) is 14.8 Å². The van der Waals surface area contributed by atoms with Gasteiger partial charge in [-0.2, -0.15) is 5.10 Å². The van der Waals surface area contributed by atoms with Crippen LogP contribution in [0, 0.1) is 4.77 Å². The molecule has 1 N–H and O–H groups in total. The van der Waals surface area contributed by atoms with Crippen molar-refractivity contribution in [2.45, 2.75) is 25.8 Å². The van der Waals surface area contributed by atoms with Crippen LogP contribution >= 0.6 is 12.2 Å².